The van der Waals surface area contributed by atoms with E-state index in [9.17, 15) is 4.79 Å². The Kier molecular flexibility index (Phi) is 6.10. The second-order valence-electron chi connectivity index (χ2n) is 4.40. The first-order valence-corrected chi connectivity index (χ1v) is 7.80. The third-order valence-electron chi connectivity index (χ3n) is 2.88. The minimum Gasteiger partial charge on any atom is -0.497 e. The molecule has 0 saturated heterocycles. The zero-order valence-electron chi connectivity index (χ0n) is 12.6. The first kappa shape index (κ1) is 16.2. The Labute approximate surface area is 135 Å². The minimum atomic E-state index is -0.331. The number of thioether (sulfide) groups is 1. The van der Waals surface area contributed by atoms with Crippen LogP contribution in [0.5, 0.6) is 5.75 Å². The molecule has 0 aliphatic carbocycles. The van der Waals surface area contributed by atoms with Crippen LogP contribution in [-0.2, 0) is 9.53 Å². The van der Waals surface area contributed by atoms with Crippen LogP contribution in [0.4, 0.5) is 0 Å². The maximum Gasteiger partial charge on any atom is 0.331 e. The number of esters is 1. The molecule has 0 aliphatic rings. The Morgan fingerprint density at radius 1 is 1.09 bits per heavy atom. The van der Waals surface area contributed by atoms with Gasteiger partial charge in [0.2, 0.25) is 0 Å². The quantitative estimate of drug-likeness (QED) is 0.450. The molecule has 2 rings (SSSR count). The van der Waals surface area contributed by atoms with Crippen LogP contribution in [0.15, 0.2) is 65.6 Å². The van der Waals surface area contributed by atoms with E-state index in [-0.39, 0.29) is 5.97 Å². The average molecular weight is 314 g/mol. The number of rotatable bonds is 6. The summed E-state index contributed by atoms with van der Waals surface area (Å²) in [6.07, 6.45) is 1.54. The van der Waals surface area contributed by atoms with Gasteiger partial charge in [0, 0.05) is 15.9 Å². The van der Waals surface area contributed by atoms with E-state index in [1.54, 1.807) is 14.0 Å². The number of carbonyl (C=O) groups is 1. The molecule has 0 N–H and O–H groups in total. The zero-order valence-corrected chi connectivity index (χ0v) is 13.4. The zero-order chi connectivity index (χ0) is 15.8. The van der Waals surface area contributed by atoms with Crippen LogP contribution < -0.4 is 4.74 Å². The molecule has 0 fully saturated rings. The molecular formula is C18H18O3S. The van der Waals surface area contributed by atoms with Crippen molar-refractivity contribution in [2.45, 2.75) is 11.8 Å². The molecule has 4 heteroatoms. The van der Waals surface area contributed by atoms with Crippen molar-refractivity contribution in [3.63, 3.8) is 0 Å². The van der Waals surface area contributed by atoms with Crippen LogP contribution in [0.25, 0.3) is 4.91 Å². The van der Waals surface area contributed by atoms with E-state index in [4.69, 9.17) is 9.47 Å². The molecule has 0 saturated carbocycles. The monoisotopic (exact) mass is 314 g/mol. The van der Waals surface area contributed by atoms with Crippen LogP contribution >= 0.6 is 11.8 Å². The van der Waals surface area contributed by atoms with Crippen molar-refractivity contribution >= 4 is 22.6 Å². The standard InChI is InChI=1S/C18H18O3S/c1-3-21-18(19)13-17(14-7-5-4-6-8-14)22-16-11-9-15(20-2)10-12-16/h4-13H,3H2,1-2H3/b17-13+. The summed E-state index contributed by atoms with van der Waals surface area (Å²) in [5.74, 6) is 0.474. The first-order chi connectivity index (χ1) is 10.7. The number of methoxy groups -OCH3 is 1. The highest BCUT2D eigenvalue weighted by Gasteiger charge is 2.08. The number of benzene rings is 2. The molecule has 0 heterocycles. The van der Waals surface area contributed by atoms with E-state index >= 15 is 0 Å². The fraction of sp³-hybridized carbons (Fsp3) is 0.167. The average Bonchev–Trinajstić information content (AvgIpc) is 2.56. The molecule has 0 aromatic heterocycles. The van der Waals surface area contributed by atoms with Gasteiger partial charge in [0.05, 0.1) is 13.7 Å². The highest BCUT2D eigenvalue weighted by atomic mass is 32.2. The first-order valence-electron chi connectivity index (χ1n) is 6.98. The van der Waals surface area contributed by atoms with Gasteiger partial charge in [0.25, 0.3) is 0 Å². The third-order valence-corrected chi connectivity index (χ3v) is 3.96. The molecule has 0 amide bonds. The van der Waals surface area contributed by atoms with Crippen molar-refractivity contribution < 1.29 is 14.3 Å². The van der Waals surface area contributed by atoms with Crippen molar-refractivity contribution in [1.82, 2.24) is 0 Å². The number of carbonyl (C=O) groups excluding carboxylic acids is 1. The topological polar surface area (TPSA) is 35.5 Å². The van der Waals surface area contributed by atoms with Gasteiger partial charge in [-0.15, -0.1) is 0 Å². The fourth-order valence-electron chi connectivity index (χ4n) is 1.84. The molecule has 0 radical (unpaired) electrons. The largest absolute Gasteiger partial charge is 0.497 e. The second kappa shape index (κ2) is 8.29. The summed E-state index contributed by atoms with van der Waals surface area (Å²) in [6, 6.07) is 17.5. The highest BCUT2D eigenvalue weighted by Crippen LogP contribution is 2.34. The lowest BCUT2D eigenvalue weighted by Gasteiger charge is -2.08. The number of hydrogen-bond acceptors (Lipinski definition) is 4. The summed E-state index contributed by atoms with van der Waals surface area (Å²) in [5.41, 5.74) is 0.983. The summed E-state index contributed by atoms with van der Waals surface area (Å²) >= 11 is 1.52. The molecule has 0 bridgehead atoms. The van der Waals surface area contributed by atoms with Crippen molar-refractivity contribution in [2.75, 3.05) is 13.7 Å². The van der Waals surface area contributed by atoms with Crippen molar-refractivity contribution in [3.05, 3.63) is 66.2 Å². The van der Waals surface area contributed by atoms with Gasteiger partial charge in [-0.3, -0.25) is 0 Å². The molecule has 0 unspecified atom stereocenters. The predicted molar refractivity (Wildman–Crippen MR) is 89.9 cm³/mol. The summed E-state index contributed by atoms with van der Waals surface area (Å²) in [7, 11) is 1.64. The van der Waals surface area contributed by atoms with Crippen LogP contribution in [0.2, 0.25) is 0 Å². The molecule has 2 aromatic rings. The van der Waals surface area contributed by atoms with Gasteiger partial charge >= 0.3 is 5.97 Å². The summed E-state index contributed by atoms with van der Waals surface area (Å²) in [5, 5.41) is 0. The van der Waals surface area contributed by atoms with E-state index in [0.29, 0.717) is 6.61 Å². The van der Waals surface area contributed by atoms with Gasteiger partial charge in [-0.05, 0) is 36.8 Å². The normalized spacial score (nSPS) is 11.1. The minimum absolute atomic E-state index is 0.331. The third kappa shape index (κ3) is 4.67. The maximum absolute atomic E-state index is 11.8. The van der Waals surface area contributed by atoms with Crippen LogP contribution in [0.3, 0.4) is 0 Å². The van der Waals surface area contributed by atoms with Crippen molar-refractivity contribution in [2.24, 2.45) is 0 Å². The fourth-order valence-corrected chi connectivity index (χ4v) is 2.77. The van der Waals surface area contributed by atoms with Gasteiger partial charge < -0.3 is 9.47 Å². The molecule has 0 spiro atoms. The van der Waals surface area contributed by atoms with Gasteiger partial charge in [0.1, 0.15) is 5.75 Å². The number of hydrogen-bond donors (Lipinski definition) is 0. The molecule has 22 heavy (non-hydrogen) atoms. The molecule has 0 aliphatic heterocycles. The van der Waals surface area contributed by atoms with Gasteiger partial charge in [0.15, 0.2) is 0 Å². The number of ether oxygens (including phenoxy) is 2. The van der Waals surface area contributed by atoms with Crippen LogP contribution in [0, 0.1) is 0 Å². The molecular weight excluding hydrogens is 296 g/mol. The Bertz CT molecular complexity index is 633. The molecule has 2 aromatic carbocycles. The lowest BCUT2D eigenvalue weighted by Crippen LogP contribution is -2.00. The maximum atomic E-state index is 11.8. The highest BCUT2D eigenvalue weighted by molar-refractivity contribution is 8.08. The second-order valence-corrected chi connectivity index (χ2v) is 5.52. The summed E-state index contributed by atoms with van der Waals surface area (Å²) in [4.78, 5) is 13.7. The Hall–Kier alpha value is -2.20. The Morgan fingerprint density at radius 3 is 2.36 bits per heavy atom. The summed E-state index contributed by atoms with van der Waals surface area (Å²) < 4.78 is 10.2. The van der Waals surface area contributed by atoms with Crippen molar-refractivity contribution in [1.29, 1.82) is 0 Å². The van der Waals surface area contributed by atoms with E-state index in [2.05, 4.69) is 0 Å². The van der Waals surface area contributed by atoms with Crippen molar-refractivity contribution in [3.8, 4) is 5.75 Å². The summed E-state index contributed by atoms with van der Waals surface area (Å²) in [6.45, 7) is 2.16. The lowest BCUT2D eigenvalue weighted by atomic mass is 10.2. The van der Waals surface area contributed by atoms with Gasteiger partial charge in [-0.25, -0.2) is 4.79 Å². The lowest BCUT2D eigenvalue weighted by molar-refractivity contribution is -0.137. The molecule has 114 valence electrons. The van der Waals surface area contributed by atoms with Gasteiger partial charge in [-0.1, -0.05) is 42.1 Å². The molecule has 3 nitrogen and oxygen atoms in total. The Morgan fingerprint density at radius 2 is 1.77 bits per heavy atom. The smallest absolute Gasteiger partial charge is 0.331 e. The van der Waals surface area contributed by atoms with E-state index in [1.807, 2.05) is 54.6 Å². The molecule has 0 atom stereocenters. The van der Waals surface area contributed by atoms with E-state index in [0.717, 1.165) is 21.1 Å². The van der Waals surface area contributed by atoms with Crippen LogP contribution in [-0.4, -0.2) is 19.7 Å². The Balaban J connectivity index is 2.26. The van der Waals surface area contributed by atoms with E-state index < -0.39 is 0 Å². The van der Waals surface area contributed by atoms with Gasteiger partial charge in [-0.2, -0.15) is 0 Å². The van der Waals surface area contributed by atoms with E-state index in [1.165, 1.54) is 17.8 Å². The van der Waals surface area contributed by atoms with Crippen LogP contribution in [0.1, 0.15) is 12.5 Å². The predicted octanol–water partition coefficient (Wildman–Crippen LogP) is 4.39. The SMILES string of the molecule is CCOC(=O)/C=C(/Sc1ccc(OC)cc1)c1ccccc1.